The van der Waals surface area contributed by atoms with E-state index in [0.29, 0.717) is 5.56 Å². The third-order valence-corrected chi connectivity index (χ3v) is 3.08. The highest BCUT2D eigenvalue weighted by Gasteiger charge is 2.09. The van der Waals surface area contributed by atoms with Gasteiger partial charge in [-0.1, -0.05) is 58.0 Å². The van der Waals surface area contributed by atoms with Crippen molar-refractivity contribution in [1.29, 1.82) is 0 Å². The van der Waals surface area contributed by atoms with E-state index in [0.717, 1.165) is 29.7 Å². The molecule has 0 spiro atoms. The lowest BCUT2D eigenvalue weighted by atomic mass is 9.99. The summed E-state index contributed by atoms with van der Waals surface area (Å²) in [5.74, 6) is -0.233. The summed E-state index contributed by atoms with van der Waals surface area (Å²) in [6.45, 7) is 11.3. The summed E-state index contributed by atoms with van der Waals surface area (Å²) in [6.07, 6.45) is 1.60. The third-order valence-electron chi connectivity index (χ3n) is 3.08. The van der Waals surface area contributed by atoms with Crippen molar-refractivity contribution in [2.45, 2.75) is 40.5 Å². The summed E-state index contributed by atoms with van der Waals surface area (Å²) in [5, 5.41) is 3.42. The number of rotatable bonds is 5. The molecular formula is C20H29N3O. The first-order valence-corrected chi connectivity index (χ1v) is 8.39. The van der Waals surface area contributed by atoms with Crippen LogP contribution in [0.2, 0.25) is 0 Å². The fourth-order valence-corrected chi connectivity index (χ4v) is 2.12. The Morgan fingerprint density at radius 2 is 1.71 bits per heavy atom. The molecule has 0 aliphatic heterocycles. The van der Waals surface area contributed by atoms with Gasteiger partial charge in [0.25, 0.3) is 5.91 Å². The Balaban J connectivity index is 0.00000123. The van der Waals surface area contributed by atoms with Crippen LogP contribution in [0.4, 0.5) is 5.69 Å². The molecule has 0 unspecified atom stereocenters. The minimum Gasteiger partial charge on any atom is -0.399 e. The third kappa shape index (κ3) is 7.09. The topological polar surface area (TPSA) is 67.5 Å². The second-order valence-corrected chi connectivity index (χ2v) is 4.50. The number of anilines is 1. The predicted molar refractivity (Wildman–Crippen MR) is 104 cm³/mol. The average molecular weight is 327 g/mol. The number of carbonyl (C=O) groups is 1. The van der Waals surface area contributed by atoms with Gasteiger partial charge >= 0.3 is 0 Å². The minimum absolute atomic E-state index is 0.233. The maximum Gasteiger partial charge on any atom is 0.271 e. The number of hydrazone groups is 1. The van der Waals surface area contributed by atoms with Gasteiger partial charge in [-0.05, 0) is 42.2 Å². The fraction of sp³-hybridized carbons (Fsp3) is 0.300. The van der Waals surface area contributed by atoms with Gasteiger partial charge < -0.3 is 5.73 Å². The van der Waals surface area contributed by atoms with E-state index < -0.39 is 0 Å². The highest BCUT2D eigenvalue weighted by atomic mass is 16.2. The molecule has 0 radical (unpaired) electrons. The zero-order valence-electron chi connectivity index (χ0n) is 15.2. The number of nitrogens with two attached hydrogens (primary N) is 1. The van der Waals surface area contributed by atoms with Gasteiger partial charge in [-0.15, -0.1) is 0 Å². The van der Waals surface area contributed by atoms with Crippen LogP contribution in [0.25, 0.3) is 0 Å². The van der Waals surface area contributed by atoms with Crippen LogP contribution in [0.1, 0.15) is 49.2 Å². The van der Waals surface area contributed by atoms with Gasteiger partial charge in [-0.2, -0.15) is 5.10 Å². The van der Waals surface area contributed by atoms with Crippen molar-refractivity contribution in [2.24, 2.45) is 5.10 Å². The lowest BCUT2D eigenvalue weighted by molar-refractivity contribution is 0.0954. The summed E-state index contributed by atoms with van der Waals surface area (Å²) in [7, 11) is 0. The van der Waals surface area contributed by atoms with Crippen LogP contribution in [-0.2, 0) is 12.8 Å². The van der Waals surface area contributed by atoms with Crippen molar-refractivity contribution in [1.82, 2.24) is 5.43 Å². The molecule has 0 aliphatic carbocycles. The second kappa shape index (κ2) is 12.9. The fourth-order valence-electron chi connectivity index (χ4n) is 2.12. The Morgan fingerprint density at radius 3 is 2.33 bits per heavy atom. The van der Waals surface area contributed by atoms with E-state index in [2.05, 4.69) is 17.2 Å². The van der Waals surface area contributed by atoms with Crippen LogP contribution < -0.4 is 11.2 Å². The van der Waals surface area contributed by atoms with Crippen LogP contribution in [0.15, 0.2) is 53.6 Å². The molecule has 3 N–H and O–H groups in total. The lowest BCUT2D eigenvalue weighted by Gasteiger charge is -2.08. The Bertz CT molecular complexity index is 624. The van der Waals surface area contributed by atoms with Crippen LogP contribution in [0.5, 0.6) is 0 Å². The molecule has 4 heteroatoms. The van der Waals surface area contributed by atoms with Gasteiger partial charge in [-0.3, -0.25) is 4.79 Å². The molecule has 4 nitrogen and oxygen atoms in total. The normalized spacial score (nSPS) is 8.83. The minimum atomic E-state index is -0.233. The van der Waals surface area contributed by atoms with Crippen LogP contribution >= 0.6 is 0 Å². The average Bonchev–Trinajstić information content (AvgIpc) is 2.64. The Kier molecular flexibility index (Phi) is 11.5. The van der Waals surface area contributed by atoms with Crippen LogP contribution in [-0.4, -0.2) is 12.6 Å². The number of nitrogens with zero attached hydrogens (tertiary/aromatic N) is 1. The molecule has 0 aromatic heterocycles. The van der Waals surface area contributed by atoms with Gasteiger partial charge in [0.1, 0.15) is 0 Å². The number of nitrogens with one attached hydrogen (secondary N) is 1. The summed E-state index contributed by atoms with van der Waals surface area (Å²) in [5.41, 5.74) is 11.6. The summed E-state index contributed by atoms with van der Waals surface area (Å²) >= 11 is 0. The monoisotopic (exact) mass is 327 g/mol. The maximum absolute atomic E-state index is 11.9. The Morgan fingerprint density at radius 1 is 1.04 bits per heavy atom. The molecule has 2 aromatic rings. The number of carbonyl (C=O) groups excluding carboxylic acids is 1. The largest absolute Gasteiger partial charge is 0.399 e. The van der Waals surface area contributed by atoms with E-state index in [1.807, 2.05) is 70.2 Å². The molecule has 0 saturated heterocycles. The van der Waals surface area contributed by atoms with Crippen molar-refractivity contribution in [3.63, 3.8) is 0 Å². The number of hydrogen-bond donors (Lipinski definition) is 2. The first-order chi connectivity index (χ1) is 11.7. The van der Waals surface area contributed by atoms with E-state index in [-0.39, 0.29) is 5.91 Å². The van der Waals surface area contributed by atoms with E-state index in [1.165, 1.54) is 0 Å². The Labute approximate surface area is 145 Å². The quantitative estimate of drug-likeness (QED) is 0.484. The second-order valence-electron chi connectivity index (χ2n) is 4.50. The maximum atomic E-state index is 11.9. The van der Waals surface area contributed by atoms with E-state index in [9.17, 15) is 4.79 Å². The van der Waals surface area contributed by atoms with Gasteiger partial charge in [-0.25, -0.2) is 5.43 Å². The van der Waals surface area contributed by atoms with Crippen molar-refractivity contribution in [3.8, 4) is 0 Å². The van der Waals surface area contributed by atoms with Crippen molar-refractivity contribution in [3.05, 3.63) is 65.2 Å². The highest BCUT2D eigenvalue weighted by Crippen LogP contribution is 2.14. The number of hydrogen-bond acceptors (Lipinski definition) is 3. The molecule has 0 aliphatic rings. The summed E-state index contributed by atoms with van der Waals surface area (Å²) < 4.78 is 0. The molecule has 0 heterocycles. The van der Waals surface area contributed by atoms with Gasteiger partial charge in [0.2, 0.25) is 0 Å². The molecular weight excluding hydrogens is 298 g/mol. The van der Waals surface area contributed by atoms with E-state index >= 15 is 0 Å². The first kappa shape index (κ1) is 21.4. The SMILES string of the molecule is C=NNC(=O)c1ccccc1CCc1cccc(N)c1.CC.CC. The summed E-state index contributed by atoms with van der Waals surface area (Å²) in [6, 6.07) is 15.3. The molecule has 24 heavy (non-hydrogen) atoms. The molecule has 0 bridgehead atoms. The molecule has 0 atom stereocenters. The van der Waals surface area contributed by atoms with Crippen LogP contribution in [0, 0.1) is 0 Å². The van der Waals surface area contributed by atoms with Crippen molar-refractivity contribution < 1.29 is 4.79 Å². The zero-order valence-corrected chi connectivity index (χ0v) is 15.2. The molecule has 1 amide bonds. The lowest BCUT2D eigenvalue weighted by Crippen LogP contribution is -2.18. The first-order valence-electron chi connectivity index (χ1n) is 8.39. The molecule has 2 rings (SSSR count). The number of amides is 1. The van der Waals surface area contributed by atoms with Crippen molar-refractivity contribution >= 4 is 18.3 Å². The zero-order chi connectivity index (χ0) is 18.4. The van der Waals surface area contributed by atoms with Gasteiger partial charge in [0.15, 0.2) is 0 Å². The molecule has 130 valence electrons. The van der Waals surface area contributed by atoms with Gasteiger partial charge in [0.05, 0.1) is 0 Å². The number of nitrogen functional groups attached to an aromatic ring is 1. The highest BCUT2D eigenvalue weighted by molar-refractivity contribution is 5.95. The van der Waals surface area contributed by atoms with Crippen molar-refractivity contribution in [2.75, 3.05) is 5.73 Å². The number of benzene rings is 2. The Hall–Kier alpha value is -2.62. The predicted octanol–water partition coefficient (Wildman–Crippen LogP) is 4.45. The number of aryl methyl sites for hydroxylation is 2. The smallest absolute Gasteiger partial charge is 0.271 e. The van der Waals surface area contributed by atoms with E-state index in [4.69, 9.17) is 5.73 Å². The standard InChI is InChI=1S/C16H17N3O.2C2H6/c1-18-19-16(20)15-8-3-2-6-13(15)10-9-12-5-4-7-14(17)11-12;2*1-2/h2-8,11H,1,9-10,17H2,(H,19,20);2*1-2H3. The summed E-state index contributed by atoms with van der Waals surface area (Å²) in [4.78, 5) is 11.9. The van der Waals surface area contributed by atoms with E-state index in [1.54, 1.807) is 6.07 Å². The molecule has 0 fully saturated rings. The molecule has 0 saturated carbocycles. The van der Waals surface area contributed by atoms with Crippen LogP contribution in [0.3, 0.4) is 0 Å². The van der Waals surface area contributed by atoms with Gasteiger partial charge in [0, 0.05) is 18.0 Å². The molecule has 2 aromatic carbocycles.